The number of carbonyl (C=O) groups is 2. The largest absolute Gasteiger partial charge is 0.321 e. The lowest BCUT2D eigenvalue weighted by atomic mass is 10.0. The first-order chi connectivity index (χ1) is 12.7. The average Bonchev–Trinajstić information content (AvgIpc) is 2.68. The molecular formula is C20H29N3O2S. The number of hydrogen-bond acceptors (Lipinski definition) is 4. The third kappa shape index (κ3) is 3.91. The van der Waals surface area contributed by atoms with Crippen molar-refractivity contribution in [1.82, 2.24) is 9.80 Å². The summed E-state index contributed by atoms with van der Waals surface area (Å²) in [4.78, 5) is 32.1. The number of para-hydroxylation sites is 1. The van der Waals surface area contributed by atoms with Gasteiger partial charge in [-0.3, -0.25) is 9.59 Å². The van der Waals surface area contributed by atoms with Gasteiger partial charge in [0.25, 0.3) is 5.91 Å². The summed E-state index contributed by atoms with van der Waals surface area (Å²) >= 11 is 1.52. The van der Waals surface area contributed by atoms with Crippen LogP contribution in [0.2, 0.25) is 0 Å². The summed E-state index contributed by atoms with van der Waals surface area (Å²) in [5.41, 5.74) is 0.960. The van der Waals surface area contributed by atoms with E-state index >= 15 is 0 Å². The van der Waals surface area contributed by atoms with E-state index in [-0.39, 0.29) is 11.9 Å². The van der Waals surface area contributed by atoms with Crippen molar-refractivity contribution in [3.63, 3.8) is 0 Å². The fraction of sp³-hybridized carbons (Fsp3) is 0.600. The molecule has 3 rings (SSSR count). The zero-order chi connectivity index (χ0) is 18.5. The fourth-order valence-corrected chi connectivity index (χ4v) is 5.14. The second kappa shape index (κ2) is 8.91. The predicted octanol–water partition coefficient (Wildman–Crippen LogP) is 3.19. The topological polar surface area (TPSA) is 43.9 Å². The lowest BCUT2D eigenvalue weighted by Crippen LogP contribution is -2.54. The van der Waals surface area contributed by atoms with Crippen LogP contribution in [0.3, 0.4) is 0 Å². The van der Waals surface area contributed by atoms with Crippen LogP contribution in [0.4, 0.5) is 5.69 Å². The number of likely N-dealkylation sites (tertiary alicyclic amines) is 1. The Bertz CT molecular complexity index is 631. The number of unbranched alkanes of at least 4 members (excludes halogenated alkanes) is 1. The van der Waals surface area contributed by atoms with E-state index in [1.54, 1.807) is 4.90 Å². The molecular weight excluding hydrogens is 346 g/mol. The van der Waals surface area contributed by atoms with Crippen LogP contribution in [-0.2, 0) is 9.59 Å². The third-order valence-electron chi connectivity index (χ3n) is 5.39. The van der Waals surface area contributed by atoms with Crippen LogP contribution in [0.1, 0.15) is 39.5 Å². The van der Waals surface area contributed by atoms with Gasteiger partial charge in [-0.1, -0.05) is 37.2 Å². The van der Waals surface area contributed by atoms with Crippen molar-refractivity contribution in [2.24, 2.45) is 0 Å². The molecule has 0 N–H and O–H groups in total. The van der Waals surface area contributed by atoms with Crippen molar-refractivity contribution in [2.75, 3.05) is 31.1 Å². The Hall–Kier alpha value is -1.53. The number of likely N-dealkylation sites (N-methyl/N-ethyl adjacent to an activating group) is 1. The maximum absolute atomic E-state index is 13.1. The highest BCUT2D eigenvalue weighted by atomic mass is 32.2. The summed E-state index contributed by atoms with van der Waals surface area (Å²) in [5, 5.41) is -0.449. The number of thioether (sulfide) groups is 1. The minimum atomic E-state index is -0.449. The van der Waals surface area contributed by atoms with E-state index in [4.69, 9.17) is 0 Å². The highest BCUT2D eigenvalue weighted by Crippen LogP contribution is 2.41. The molecule has 0 aliphatic carbocycles. The number of amides is 2. The Morgan fingerprint density at radius 2 is 1.96 bits per heavy atom. The van der Waals surface area contributed by atoms with Gasteiger partial charge in [0, 0.05) is 30.6 Å². The molecule has 1 atom stereocenters. The van der Waals surface area contributed by atoms with Gasteiger partial charge < -0.3 is 14.7 Å². The van der Waals surface area contributed by atoms with E-state index < -0.39 is 5.37 Å². The van der Waals surface area contributed by atoms with Crippen LogP contribution >= 0.6 is 11.8 Å². The van der Waals surface area contributed by atoms with Gasteiger partial charge >= 0.3 is 0 Å². The van der Waals surface area contributed by atoms with E-state index in [1.807, 2.05) is 36.1 Å². The van der Waals surface area contributed by atoms with Gasteiger partial charge in [-0.2, -0.15) is 0 Å². The monoisotopic (exact) mass is 375 g/mol. The second-order valence-electron chi connectivity index (χ2n) is 7.00. The van der Waals surface area contributed by atoms with Crippen LogP contribution in [0, 0.1) is 0 Å². The first-order valence-corrected chi connectivity index (χ1v) is 10.6. The Morgan fingerprint density at radius 1 is 1.23 bits per heavy atom. The number of benzene rings is 1. The molecule has 1 unspecified atom stereocenters. The summed E-state index contributed by atoms with van der Waals surface area (Å²) in [6.07, 6.45) is 5.21. The van der Waals surface area contributed by atoms with E-state index in [0.29, 0.717) is 6.54 Å². The Kier molecular flexibility index (Phi) is 6.59. The molecule has 2 heterocycles. The van der Waals surface area contributed by atoms with Gasteiger partial charge in [0.2, 0.25) is 6.41 Å². The molecule has 26 heavy (non-hydrogen) atoms. The molecule has 0 radical (unpaired) electrons. The van der Waals surface area contributed by atoms with Gasteiger partial charge in [-0.05, 0) is 44.9 Å². The van der Waals surface area contributed by atoms with Crippen LogP contribution in [0.15, 0.2) is 29.2 Å². The number of carbonyl (C=O) groups excluding carboxylic acids is 2. The second-order valence-corrected chi connectivity index (χ2v) is 8.12. The van der Waals surface area contributed by atoms with Crippen molar-refractivity contribution < 1.29 is 9.59 Å². The quantitative estimate of drug-likeness (QED) is 0.687. The molecule has 0 spiro atoms. The molecule has 6 heteroatoms. The van der Waals surface area contributed by atoms with E-state index in [9.17, 15) is 9.59 Å². The number of rotatable bonds is 7. The van der Waals surface area contributed by atoms with E-state index in [0.717, 1.165) is 49.5 Å². The van der Waals surface area contributed by atoms with Gasteiger partial charge in [0.15, 0.2) is 5.37 Å². The third-order valence-corrected chi connectivity index (χ3v) is 6.65. The normalized spacial score (nSPS) is 21.5. The number of hydrogen-bond donors (Lipinski definition) is 0. The van der Waals surface area contributed by atoms with Crippen molar-refractivity contribution >= 4 is 29.8 Å². The highest BCUT2D eigenvalue weighted by Gasteiger charge is 2.39. The first-order valence-electron chi connectivity index (χ1n) is 9.71. The predicted molar refractivity (Wildman–Crippen MR) is 106 cm³/mol. The molecule has 2 amide bonds. The summed E-state index contributed by atoms with van der Waals surface area (Å²) in [5.74, 6) is 0.0247. The smallest absolute Gasteiger partial charge is 0.260 e. The molecule has 1 fully saturated rings. The van der Waals surface area contributed by atoms with Crippen LogP contribution < -0.4 is 4.90 Å². The molecule has 0 bridgehead atoms. The average molecular weight is 376 g/mol. The molecule has 0 saturated carbocycles. The molecule has 2 aliphatic rings. The Balaban J connectivity index is 1.72. The molecule has 1 aromatic rings. The lowest BCUT2D eigenvalue weighted by Gasteiger charge is -2.43. The SMILES string of the molecule is CCCCN1CCC(N(C=O)C2Sc3ccccc3N(CC)C2=O)CC1. The number of fused-ring (bicyclic) bond motifs is 1. The number of piperidine rings is 1. The van der Waals surface area contributed by atoms with Gasteiger partial charge in [-0.25, -0.2) is 0 Å². The van der Waals surface area contributed by atoms with Crippen LogP contribution in [0.25, 0.3) is 0 Å². The molecule has 1 saturated heterocycles. The maximum atomic E-state index is 13.1. The zero-order valence-corrected chi connectivity index (χ0v) is 16.6. The Labute approximate surface area is 160 Å². The molecule has 0 aromatic heterocycles. The number of nitrogens with zero attached hydrogens (tertiary/aromatic N) is 3. The fourth-order valence-electron chi connectivity index (χ4n) is 3.87. The van der Waals surface area contributed by atoms with Gasteiger partial charge in [0.1, 0.15) is 0 Å². The van der Waals surface area contributed by atoms with Crippen molar-refractivity contribution in [3.8, 4) is 0 Å². The van der Waals surface area contributed by atoms with Crippen molar-refractivity contribution in [2.45, 2.75) is 55.8 Å². The Morgan fingerprint density at radius 3 is 2.62 bits per heavy atom. The van der Waals surface area contributed by atoms with Crippen LogP contribution in [0.5, 0.6) is 0 Å². The van der Waals surface area contributed by atoms with Gasteiger partial charge in [-0.15, -0.1) is 0 Å². The minimum Gasteiger partial charge on any atom is -0.321 e. The molecule has 5 nitrogen and oxygen atoms in total. The van der Waals surface area contributed by atoms with Gasteiger partial charge in [0.05, 0.1) is 5.69 Å². The summed E-state index contributed by atoms with van der Waals surface area (Å²) in [7, 11) is 0. The summed E-state index contributed by atoms with van der Waals surface area (Å²) in [6.45, 7) is 7.97. The molecule has 142 valence electrons. The molecule has 2 aliphatic heterocycles. The zero-order valence-electron chi connectivity index (χ0n) is 15.8. The summed E-state index contributed by atoms with van der Waals surface area (Å²) < 4.78 is 0. The van der Waals surface area contributed by atoms with Crippen LogP contribution in [-0.4, -0.2) is 59.7 Å². The van der Waals surface area contributed by atoms with Crippen molar-refractivity contribution in [3.05, 3.63) is 24.3 Å². The van der Waals surface area contributed by atoms with E-state index in [1.165, 1.54) is 24.6 Å². The number of anilines is 1. The lowest BCUT2D eigenvalue weighted by molar-refractivity contribution is -0.130. The first kappa shape index (κ1) is 19.2. The van der Waals surface area contributed by atoms with Crippen molar-refractivity contribution in [1.29, 1.82) is 0 Å². The minimum absolute atomic E-state index is 0.0247. The standard InChI is InChI=1S/C20H29N3O2S/c1-3-5-12-21-13-10-16(11-14-21)23(15-24)20-19(25)22(4-2)17-8-6-7-9-18(17)26-20/h6-9,15-16,20H,3-5,10-14H2,1-2H3. The van der Waals surface area contributed by atoms with E-state index in [2.05, 4.69) is 11.8 Å². The highest BCUT2D eigenvalue weighted by molar-refractivity contribution is 8.00. The molecule has 1 aromatic carbocycles. The summed E-state index contributed by atoms with van der Waals surface area (Å²) in [6, 6.07) is 8.12. The maximum Gasteiger partial charge on any atom is 0.260 e.